The summed E-state index contributed by atoms with van der Waals surface area (Å²) in [7, 11) is 1.91. The van der Waals surface area contributed by atoms with Crippen LogP contribution in [0.5, 0.6) is 0 Å². The van der Waals surface area contributed by atoms with E-state index < -0.39 is 0 Å². The van der Waals surface area contributed by atoms with Gasteiger partial charge in [0.05, 0.1) is 22.3 Å². The zero-order valence-corrected chi connectivity index (χ0v) is 11.9. The third-order valence-electron chi connectivity index (χ3n) is 2.91. The molecular formula is C15H12Cl2N2. The Labute approximate surface area is 122 Å². The highest BCUT2D eigenvalue weighted by Gasteiger charge is 2.13. The first-order valence-corrected chi connectivity index (χ1v) is 6.66. The fourth-order valence-electron chi connectivity index (χ4n) is 1.96. The summed E-state index contributed by atoms with van der Waals surface area (Å²) in [6, 6.07) is 15.2. The molecule has 0 aliphatic heterocycles. The number of nitrogens with zero attached hydrogens (tertiary/aromatic N) is 2. The van der Waals surface area contributed by atoms with Crippen LogP contribution < -0.4 is 4.90 Å². The van der Waals surface area contributed by atoms with E-state index >= 15 is 0 Å². The molecule has 0 N–H and O–H groups in total. The van der Waals surface area contributed by atoms with E-state index in [9.17, 15) is 0 Å². The van der Waals surface area contributed by atoms with Crippen LogP contribution in [0.4, 0.5) is 11.4 Å². The molecule has 0 unspecified atom stereocenters. The lowest BCUT2D eigenvalue weighted by Crippen LogP contribution is -2.12. The van der Waals surface area contributed by atoms with E-state index in [4.69, 9.17) is 28.5 Å². The van der Waals surface area contributed by atoms with Crippen LogP contribution in [-0.4, -0.2) is 7.05 Å². The molecule has 2 aromatic carbocycles. The van der Waals surface area contributed by atoms with Crippen LogP contribution in [0.3, 0.4) is 0 Å². The summed E-state index contributed by atoms with van der Waals surface area (Å²) >= 11 is 12.2. The molecule has 0 bridgehead atoms. The smallest absolute Gasteiger partial charge is 0.0992 e. The van der Waals surface area contributed by atoms with E-state index in [2.05, 4.69) is 6.07 Å². The summed E-state index contributed by atoms with van der Waals surface area (Å²) in [5, 5.41) is 9.60. The van der Waals surface area contributed by atoms with Gasteiger partial charge in [0.15, 0.2) is 0 Å². The molecule has 19 heavy (non-hydrogen) atoms. The van der Waals surface area contributed by atoms with E-state index in [1.165, 1.54) is 0 Å². The maximum atomic E-state index is 8.95. The van der Waals surface area contributed by atoms with Gasteiger partial charge in [-0.1, -0.05) is 29.8 Å². The van der Waals surface area contributed by atoms with Gasteiger partial charge < -0.3 is 4.90 Å². The molecule has 2 nitrogen and oxygen atoms in total. The van der Waals surface area contributed by atoms with E-state index in [1.54, 1.807) is 6.07 Å². The molecule has 0 saturated heterocycles. The van der Waals surface area contributed by atoms with Gasteiger partial charge in [0.1, 0.15) is 0 Å². The van der Waals surface area contributed by atoms with E-state index in [-0.39, 0.29) is 0 Å². The van der Waals surface area contributed by atoms with Crippen molar-refractivity contribution in [2.24, 2.45) is 0 Å². The van der Waals surface area contributed by atoms with Gasteiger partial charge in [-0.15, -0.1) is 11.6 Å². The predicted molar refractivity (Wildman–Crippen MR) is 80.2 cm³/mol. The van der Waals surface area contributed by atoms with Crippen LogP contribution in [0.15, 0.2) is 42.5 Å². The monoisotopic (exact) mass is 290 g/mol. The fourth-order valence-corrected chi connectivity index (χ4v) is 2.49. The Kier molecular flexibility index (Phi) is 4.31. The standard InChI is InChI=1S/C15H12Cl2N2/c1-19(13-6-2-4-11(8-13)10-18)15-12(9-16)5-3-7-14(15)17/h2-8H,9H2,1H3. The Hall–Kier alpha value is -1.69. The third kappa shape index (κ3) is 2.84. The van der Waals surface area contributed by atoms with Crippen molar-refractivity contribution in [3.63, 3.8) is 0 Å². The first kappa shape index (κ1) is 13.7. The Morgan fingerprint density at radius 1 is 1.21 bits per heavy atom. The number of halogens is 2. The number of benzene rings is 2. The predicted octanol–water partition coefficient (Wildman–Crippen LogP) is 4.72. The molecule has 0 atom stereocenters. The largest absolute Gasteiger partial charge is 0.343 e. The number of hydrogen-bond acceptors (Lipinski definition) is 2. The first-order chi connectivity index (χ1) is 9.17. The molecule has 0 amide bonds. The van der Waals surface area contributed by atoms with E-state index in [0.29, 0.717) is 16.5 Å². The second kappa shape index (κ2) is 5.97. The van der Waals surface area contributed by atoms with Gasteiger partial charge >= 0.3 is 0 Å². The highest BCUT2D eigenvalue weighted by atomic mass is 35.5. The number of alkyl halides is 1. The maximum Gasteiger partial charge on any atom is 0.0992 e. The van der Waals surface area contributed by atoms with Gasteiger partial charge in [-0.05, 0) is 29.8 Å². The van der Waals surface area contributed by atoms with Crippen LogP contribution >= 0.6 is 23.2 Å². The fraction of sp³-hybridized carbons (Fsp3) is 0.133. The van der Waals surface area contributed by atoms with Crippen LogP contribution in [0, 0.1) is 11.3 Å². The van der Waals surface area contributed by atoms with Crippen LogP contribution in [0.1, 0.15) is 11.1 Å². The SMILES string of the molecule is CN(c1cccc(C#N)c1)c1c(Cl)cccc1CCl. The Bertz CT molecular complexity index is 632. The van der Waals surface area contributed by atoms with Crippen molar-refractivity contribution in [2.75, 3.05) is 11.9 Å². The normalized spacial score (nSPS) is 10.0. The van der Waals surface area contributed by atoms with Crippen molar-refractivity contribution >= 4 is 34.6 Å². The quantitative estimate of drug-likeness (QED) is 0.765. The summed E-state index contributed by atoms with van der Waals surface area (Å²) < 4.78 is 0. The highest BCUT2D eigenvalue weighted by molar-refractivity contribution is 6.33. The van der Waals surface area contributed by atoms with Crippen molar-refractivity contribution in [3.8, 4) is 6.07 Å². The summed E-state index contributed by atoms with van der Waals surface area (Å²) in [4.78, 5) is 1.95. The minimum absolute atomic E-state index is 0.387. The van der Waals surface area contributed by atoms with Crippen molar-refractivity contribution in [1.29, 1.82) is 5.26 Å². The van der Waals surface area contributed by atoms with Gasteiger partial charge in [0, 0.05) is 18.6 Å². The molecule has 2 aromatic rings. The van der Waals surface area contributed by atoms with Gasteiger partial charge in [0.25, 0.3) is 0 Å². The Morgan fingerprint density at radius 2 is 1.95 bits per heavy atom. The topological polar surface area (TPSA) is 27.0 Å². The van der Waals surface area contributed by atoms with Crippen molar-refractivity contribution in [1.82, 2.24) is 0 Å². The van der Waals surface area contributed by atoms with Gasteiger partial charge in [-0.3, -0.25) is 0 Å². The second-order valence-corrected chi connectivity index (χ2v) is 4.78. The molecule has 0 saturated carbocycles. The molecule has 96 valence electrons. The Morgan fingerprint density at radius 3 is 2.63 bits per heavy atom. The average Bonchev–Trinajstić information content (AvgIpc) is 2.46. The number of rotatable bonds is 3. The molecule has 0 radical (unpaired) electrons. The summed E-state index contributed by atoms with van der Waals surface area (Å²) in [6.45, 7) is 0. The molecule has 0 heterocycles. The zero-order valence-electron chi connectivity index (χ0n) is 10.4. The number of hydrogen-bond donors (Lipinski definition) is 0. The summed E-state index contributed by atoms with van der Waals surface area (Å²) in [5.41, 5.74) is 3.34. The molecule has 0 aromatic heterocycles. The lowest BCUT2D eigenvalue weighted by Gasteiger charge is -2.23. The lowest BCUT2D eigenvalue weighted by molar-refractivity contribution is 1.17. The van der Waals surface area contributed by atoms with Crippen LogP contribution in [-0.2, 0) is 5.88 Å². The Balaban J connectivity index is 2.50. The van der Waals surface area contributed by atoms with Gasteiger partial charge in [0.2, 0.25) is 0 Å². The summed E-state index contributed by atoms with van der Waals surface area (Å²) in [5.74, 6) is 0.387. The van der Waals surface area contributed by atoms with E-state index in [0.717, 1.165) is 16.9 Å². The second-order valence-electron chi connectivity index (χ2n) is 4.10. The first-order valence-electron chi connectivity index (χ1n) is 5.74. The molecule has 2 rings (SSSR count). The molecule has 0 fully saturated rings. The van der Waals surface area contributed by atoms with Crippen LogP contribution in [0.25, 0.3) is 0 Å². The number of nitriles is 1. The third-order valence-corrected chi connectivity index (χ3v) is 3.51. The average molecular weight is 291 g/mol. The number of anilines is 2. The van der Waals surface area contributed by atoms with Gasteiger partial charge in [-0.2, -0.15) is 5.26 Å². The number of para-hydroxylation sites is 1. The van der Waals surface area contributed by atoms with Gasteiger partial charge in [-0.25, -0.2) is 0 Å². The van der Waals surface area contributed by atoms with E-state index in [1.807, 2.05) is 48.3 Å². The summed E-state index contributed by atoms with van der Waals surface area (Å²) in [6.07, 6.45) is 0. The van der Waals surface area contributed by atoms with Crippen molar-refractivity contribution < 1.29 is 0 Å². The molecular weight excluding hydrogens is 279 g/mol. The molecule has 4 heteroatoms. The lowest BCUT2D eigenvalue weighted by atomic mass is 10.1. The minimum atomic E-state index is 0.387. The highest BCUT2D eigenvalue weighted by Crippen LogP contribution is 2.34. The maximum absolute atomic E-state index is 8.95. The van der Waals surface area contributed by atoms with Crippen molar-refractivity contribution in [3.05, 3.63) is 58.6 Å². The minimum Gasteiger partial charge on any atom is -0.343 e. The molecule has 0 aliphatic rings. The zero-order chi connectivity index (χ0) is 13.8. The van der Waals surface area contributed by atoms with Crippen molar-refractivity contribution in [2.45, 2.75) is 5.88 Å². The molecule has 0 aliphatic carbocycles. The molecule has 0 spiro atoms. The van der Waals surface area contributed by atoms with Crippen LogP contribution in [0.2, 0.25) is 5.02 Å².